The van der Waals surface area contributed by atoms with Crippen LogP contribution in [-0.4, -0.2) is 22.9 Å². The second kappa shape index (κ2) is 6.10. The van der Waals surface area contributed by atoms with Crippen molar-refractivity contribution >= 4 is 22.6 Å². The molecule has 0 radical (unpaired) electrons. The number of anilines is 1. The van der Waals surface area contributed by atoms with Gasteiger partial charge in [0.05, 0.1) is 17.5 Å². The van der Waals surface area contributed by atoms with Gasteiger partial charge in [-0.05, 0) is 35.4 Å². The van der Waals surface area contributed by atoms with Crippen molar-refractivity contribution in [2.24, 2.45) is 5.73 Å². The third kappa shape index (κ3) is 3.17. The number of carbonyl (C=O) groups excluding carboxylic acids is 1. The molecule has 1 heterocycles. The summed E-state index contributed by atoms with van der Waals surface area (Å²) in [6, 6.07) is 13.0. The predicted octanol–water partition coefficient (Wildman–Crippen LogP) is 1.52. The molecule has 6 heteroatoms. The fraction of sp³-hybridized carbons (Fsp3) is 0.176. The van der Waals surface area contributed by atoms with Crippen molar-refractivity contribution in [2.75, 3.05) is 11.9 Å². The van der Waals surface area contributed by atoms with Crippen LogP contribution < -0.4 is 16.3 Å². The molecule has 2 aromatic carbocycles. The Morgan fingerprint density at radius 1 is 1.04 bits per heavy atom. The first-order valence-electron chi connectivity index (χ1n) is 7.33. The summed E-state index contributed by atoms with van der Waals surface area (Å²) in [5, 5.41) is 0. The van der Waals surface area contributed by atoms with Gasteiger partial charge in [-0.25, -0.2) is 4.79 Å². The number of likely N-dealkylation sites (N-methyl/N-ethyl adjacent to an activating group) is 1. The summed E-state index contributed by atoms with van der Waals surface area (Å²) in [5.41, 5.74) is 9.46. The summed E-state index contributed by atoms with van der Waals surface area (Å²) in [4.78, 5) is 30.7. The number of aromatic nitrogens is 2. The SMILES string of the molecule is CN(C(=O)Cc1ccc2[nH]c(=O)[nH]c2c1)c1ccc(CN)cc1. The second-order valence-electron chi connectivity index (χ2n) is 5.46. The lowest BCUT2D eigenvalue weighted by Crippen LogP contribution is -2.27. The van der Waals surface area contributed by atoms with Gasteiger partial charge in [-0.3, -0.25) is 4.79 Å². The molecule has 1 amide bonds. The molecule has 118 valence electrons. The number of nitrogens with zero attached hydrogens (tertiary/aromatic N) is 1. The highest BCUT2D eigenvalue weighted by molar-refractivity contribution is 5.94. The number of nitrogens with two attached hydrogens (primary N) is 1. The summed E-state index contributed by atoms with van der Waals surface area (Å²) < 4.78 is 0. The lowest BCUT2D eigenvalue weighted by molar-refractivity contribution is -0.117. The smallest absolute Gasteiger partial charge is 0.323 e. The number of imidazole rings is 1. The van der Waals surface area contributed by atoms with Gasteiger partial charge < -0.3 is 20.6 Å². The number of carbonyl (C=O) groups is 1. The zero-order valence-electron chi connectivity index (χ0n) is 12.8. The third-order valence-corrected chi connectivity index (χ3v) is 3.87. The van der Waals surface area contributed by atoms with Crippen molar-refractivity contribution in [3.8, 4) is 0 Å². The maximum Gasteiger partial charge on any atom is 0.323 e. The Hall–Kier alpha value is -2.86. The van der Waals surface area contributed by atoms with E-state index in [1.165, 1.54) is 0 Å². The maximum absolute atomic E-state index is 12.4. The number of nitrogens with one attached hydrogen (secondary N) is 2. The summed E-state index contributed by atoms with van der Waals surface area (Å²) in [6.07, 6.45) is 0.262. The molecule has 0 aliphatic carbocycles. The normalized spacial score (nSPS) is 10.9. The number of hydrogen-bond acceptors (Lipinski definition) is 3. The van der Waals surface area contributed by atoms with E-state index >= 15 is 0 Å². The second-order valence-corrected chi connectivity index (χ2v) is 5.46. The first kappa shape index (κ1) is 15.1. The number of benzene rings is 2. The van der Waals surface area contributed by atoms with Crippen molar-refractivity contribution < 1.29 is 4.79 Å². The quantitative estimate of drug-likeness (QED) is 0.682. The van der Waals surface area contributed by atoms with Crippen LogP contribution in [0.3, 0.4) is 0 Å². The van der Waals surface area contributed by atoms with Crippen molar-refractivity contribution in [2.45, 2.75) is 13.0 Å². The van der Waals surface area contributed by atoms with E-state index in [2.05, 4.69) is 9.97 Å². The van der Waals surface area contributed by atoms with E-state index in [1.54, 1.807) is 18.0 Å². The van der Waals surface area contributed by atoms with E-state index < -0.39 is 0 Å². The Balaban J connectivity index is 1.76. The van der Waals surface area contributed by atoms with Gasteiger partial charge in [-0.2, -0.15) is 0 Å². The van der Waals surface area contributed by atoms with Gasteiger partial charge in [-0.15, -0.1) is 0 Å². The van der Waals surface area contributed by atoms with Crippen LogP contribution in [0.15, 0.2) is 47.3 Å². The van der Waals surface area contributed by atoms with E-state index in [0.717, 1.165) is 22.3 Å². The standard InChI is InChI=1S/C17H18N4O2/c1-21(13-5-2-11(10-18)3-6-13)16(22)9-12-4-7-14-15(8-12)20-17(23)19-14/h2-8H,9-10,18H2,1H3,(H2,19,20,23). The predicted molar refractivity (Wildman–Crippen MR) is 90.4 cm³/mol. The van der Waals surface area contributed by atoms with Crippen molar-refractivity contribution in [1.29, 1.82) is 0 Å². The molecule has 0 aliphatic rings. The summed E-state index contributed by atoms with van der Waals surface area (Å²) in [7, 11) is 1.75. The Bertz CT molecular complexity index is 893. The van der Waals surface area contributed by atoms with Crippen LogP contribution in [0.2, 0.25) is 0 Å². The molecule has 23 heavy (non-hydrogen) atoms. The average molecular weight is 310 g/mol. The van der Waals surface area contributed by atoms with Crippen molar-refractivity contribution in [1.82, 2.24) is 9.97 Å². The van der Waals surface area contributed by atoms with Crippen molar-refractivity contribution in [3.63, 3.8) is 0 Å². The van der Waals surface area contributed by atoms with Crippen LogP contribution in [0, 0.1) is 0 Å². The first-order valence-corrected chi connectivity index (χ1v) is 7.33. The van der Waals surface area contributed by atoms with Gasteiger partial charge in [0.2, 0.25) is 5.91 Å². The minimum Gasteiger partial charge on any atom is -0.326 e. The van der Waals surface area contributed by atoms with Gasteiger partial charge in [0, 0.05) is 19.3 Å². The van der Waals surface area contributed by atoms with E-state index in [4.69, 9.17) is 5.73 Å². The van der Waals surface area contributed by atoms with E-state index in [1.807, 2.05) is 36.4 Å². The van der Waals surface area contributed by atoms with Gasteiger partial charge in [0.25, 0.3) is 0 Å². The number of rotatable bonds is 4. The van der Waals surface area contributed by atoms with Crippen LogP contribution >= 0.6 is 0 Å². The largest absolute Gasteiger partial charge is 0.326 e. The zero-order valence-corrected chi connectivity index (χ0v) is 12.8. The monoisotopic (exact) mass is 310 g/mol. The number of H-pyrrole nitrogens is 2. The van der Waals surface area contributed by atoms with E-state index in [9.17, 15) is 9.59 Å². The number of aromatic amines is 2. The molecular formula is C17H18N4O2. The molecule has 3 aromatic rings. The van der Waals surface area contributed by atoms with Gasteiger partial charge >= 0.3 is 5.69 Å². The summed E-state index contributed by atoms with van der Waals surface area (Å²) >= 11 is 0. The van der Waals surface area contributed by atoms with E-state index in [-0.39, 0.29) is 18.0 Å². The molecule has 0 saturated heterocycles. The number of hydrogen-bond donors (Lipinski definition) is 3. The molecule has 0 fully saturated rings. The van der Waals surface area contributed by atoms with E-state index in [0.29, 0.717) is 12.1 Å². The minimum absolute atomic E-state index is 0.0252. The minimum atomic E-state index is -0.249. The van der Waals surface area contributed by atoms with Crippen LogP contribution in [0.5, 0.6) is 0 Å². The number of fused-ring (bicyclic) bond motifs is 1. The lowest BCUT2D eigenvalue weighted by Gasteiger charge is -2.17. The number of amides is 1. The molecular weight excluding hydrogens is 292 g/mol. The summed E-state index contributed by atoms with van der Waals surface area (Å²) in [5.74, 6) is -0.0252. The first-order chi connectivity index (χ1) is 11.1. The summed E-state index contributed by atoms with van der Waals surface area (Å²) in [6.45, 7) is 0.479. The highest BCUT2D eigenvalue weighted by Gasteiger charge is 2.12. The Kier molecular flexibility index (Phi) is 3.99. The maximum atomic E-state index is 12.4. The fourth-order valence-electron chi connectivity index (χ4n) is 2.48. The fourth-order valence-corrected chi connectivity index (χ4v) is 2.48. The van der Waals surface area contributed by atoms with Crippen LogP contribution in [0.25, 0.3) is 11.0 Å². The molecule has 0 unspecified atom stereocenters. The highest BCUT2D eigenvalue weighted by Crippen LogP contribution is 2.16. The molecule has 0 atom stereocenters. The Morgan fingerprint density at radius 2 is 1.70 bits per heavy atom. The lowest BCUT2D eigenvalue weighted by atomic mass is 10.1. The van der Waals surface area contributed by atoms with Crippen LogP contribution in [-0.2, 0) is 17.8 Å². The molecule has 0 spiro atoms. The Morgan fingerprint density at radius 3 is 2.39 bits per heavy atom. The highest BCUT2D eigenvalue weighted by atomic mass is 16.2. The average Bonchev–Trinajstić information content (AvgIpc) is 2.93. The molecule has 0 aliphatic heterocycles. The molecule has 4 N–H and O–H groups in total. The molecule has 6 nitrogen and oxygen atoms in total. The van der Waals surface area contributed by atoms with Crippen molar-refractivity contribution in [3.05, 3.63) is 64.1 Å². The van der Waals surface area contributed by atoms with Gasteiger partial charge in [0.15, 0.2) is 0 Å². The van der Waals surface area contributed by atoms with Crippen LogP contribution in [0.4, 0.5) is 5.69 Å². The molecule has 3 rings (SSSR count). The molecule has 0 bridgehead atoms. The molecule has 1 aromatic heterocycles. The van der Waals surface area contributed by atoms with Gasteiger partial charge in [-0.1, -0.05) is 18.2 Å². The van der Waals surface area contributed by atoms with Crippen LogP contribution in [0.1, 0.15) is 11.1 Å². The zero-order chi connectivity index (χ0) is 16.4. The third-order valence-electron chi connectivity index (χ3n) is 3.87. The molecule has 0 saturated carbocycles. The Labute approximate surface area is 132 Å². The topological polar surface area (TPSA) is 95.0 Å². The van der Waals surface area contributed by atoms with Gasteiger partial charge in [0.1, 0.15) is 0 Å².